The lowest BCUT2D eigenvalue weighted by Crippen LogP contribution is -1.86. The molecule has 70 valence electrons. The minimum absolute atomic E-state index is 1.02. The lowest BCUT2D eigenvalue weighted by Gasteiger charge is -1.98. The zero-order valence-electron chi connectivity index (χ0n) is 8.05. The van der Waals surface area contributed by atoms with Crippen molar-refractivity contribution in [1.82, 2.24) is 4.98 Å². The zero-order valence-corrected chi connectivity index (χ0v) is 9.63. The molecule has 1 aromatic heterocycles. The highest BCUT2D eigenvalue weighted by atomic mass is 79.9. The molecule has 0 aliphatic carbocycles. The van der Waals surface area contributed by atoms with Crippen LogP contribution in [0.5, 0.6) is 0 Å². The highest BCUT2D eigenvalue weighted by Gasteiger charge is 1.92. The predicted molar refractivity (Wildman–Crippen MR) is 61.2 cm³/mol. The summed E-state index contributed by atoms with van der Waals surface area (Å²) in [7, 11) is 0. The third kappa shape index (κ3) is 3.73. The molecular weight excluding hydrogens is 226 g/mol. The largest absolute Gasteiger partial charge is 0.258 e. The molecule has 0 aliphatic rings. The molecule has 1 rings (SSSR count). The molecule has 1 heterocycles. The number of aromatic nitrogens is 1. The Bertz CT molecular complexity index is 285. The predicted octanol–water partition coefficient (Wildman–Crippen LogP) is 3.50. The van der Waals surface area contributed by atoms with Crippen molar-refractivity contribution >= 4 is 22.0 Å². The van der Waals surface area contributed by atoms with Crippen LogP contribution in [0.3, 0.4) is 0 Å². The smallest absolute Gasteiger partial charge is 0.0381 e. The number of hydrogen-bond acceptors (Lipinski definition) is 1. The minimum atomic E-state index is 1.02. The van der Waals surface area contributed by atoms with Crippen molar-refractivity contribution in [3.8, 4) is 0 Å². The van der Waals surface area contributed by atoms with Crippen LogP contribution < -0.4 is 0 Å². The van der Waals surface area contributed by atoms with E-state index < -0.39 is 0 Å². The van der Waals surface area contributed by atoms with E-state index in [4.69, 9.17) is 0 Å². The van der Waals surface area contributed by atoms with Gasteiger partial charge < -0.3 is 0 Å². The lowest BCUT2D eigenvalue weighted by atomic mass is 10.2. The molecule has 0 N–H and O–H groups in total. The molecule has 1 aromatic rings. The van der Waals surface area contributed by atoms with E-state index >= 15 is 0 Å². The van der Waals surface area contributed by atoms with Crippen molar-refractivity contribution in [3.05, 3.63) is 35.2 Å². The Hall–Kier alpha value is -0.630. The van der Waals surface area contributed by atoms with E-state index in [1.165, 1.54) is 5.56 Å². The molecule has 2 heteroatoms. The lowest BCUT2D eigenvalue weighted by molar-refractivity contribution is 1.12. The first kappa shape index (κ1) is 10.5. The van der Waals surface area contributed by atoms with Gasteiger partial charge >= 0.3 is 0 Å². The molecule has 0 aromatic carbocycles. The van der Waals surface area contributed by atoms with Crippen LogP contribution >= 0.6 is 15.9 Å². The standard InChI is InChI=1S/C11H14BrN/c1-9-7-11(5-3-4-6-12)8-10(2)13-9/h3,5,7-8H,4,6H2,1-2H3. The van der Waals surface area contributed by atoms with Crippen molar-refractivity contribution in [3.63, 3.8) is 0 Å². The van der Waals surface area contributed by atoms with E-state index in [0.29, 0.717) is 0 Å². The van der Waals surface area contributed by atoms with E-state index in [-0.39, 0.29) is 0 Å². The van der Waals surface area contributed by atoms with Gasteiger partial charge in [-0.05, 0) is 38.0 Å². The van der Waals surface area contributed by atoms with Gasteiger partial charge in [0.2, 0.25) is 0 Å². The van der Waals surface area contributed by atoms with Crippen molar-refractivity contribution in [1.29, 1.82) is 0 Å². The highest BCUT2D eigenvalue weighted by Crippen LogP contribution is 2.07. The van der Waals surface area contributed by atoms with Crippen molar-refractivity contribution in [2.24, 2.45) is 0 Å². The number of hydrogen-bond donors (Lipinski definition) is 0. The average Bonchev–Trinajstić information content (AvgIpc) is 2.03. The van der Waals surface area contributed by atoms with Crippen LogP contribution in [0.4, 0.5) is 0 Å². The normalized spacial score (nSPS) is 11.0. The van der Waals surface area contributed by atoms with Crippen molar-refractivity contribution < 1.29 is 0 Å². The summed E-state index contributed by atoms with van der Waals surface area (Å²) in [4.78, 5) is 4.32. The molecule has 0 saturated heterocycles. The van der Waals surface area contributed by atoms with E-state index in [9.17, 15) is 0 Å². The fourth-order valence-corrected chi connectivity index (χ4v) is 1.51. The zero-order chi connectivity index (χ0) is 9.68. The number of aryl methyl sites for hydroxylation is 2. The topological polar surface area (TPSA) is 12.9 Å². The summed E-state index contributed by atoms with van der Waals surface area (Å²) in [6.45, 7) is 4.05. The Kier molecular flexibility index (Phi) is 4.16. The molecule has 0 radical (unpaired) electrons. The molecule has 0 atom stereocenters. The number of halogens is 1. The molecule has 0 aliphatic heterocycles. The van der Waals surface area contributed by atoms with E-state index in [1.807, 2.05) is 13.8 Å². The Labute approximate surface area is 88.0 Å². The van der Waals surface area contributed by atoms with Gasteiger partial charge in [-0.25, -0.2) is 0 Å². The second kappa shape index (κ2) is 5.18. The molecule has 0 amide bonds. The summed E-state index contributed by atoms with van der Waals surface area (Å²) < 4.78 is 0. The summed E-state index contributed by atoms with van der Waals surface area (Å²) in [6, 6.07) is 4.19. The Morgan fingerprint density at radius 1 is 1.31 bits per heavy atom. The molecule has 0 spiro atoms. The van der Waals surface area contributed by atoms with Crippen molar-refractivity contribution in [2.75, 3.05) is 5.33 Å². The third-order valence-corrected chi connectivity index (χ3v) is 2.15. The van der Waals surface area contributed by atoms with Crippen LogP contribution in [0.2, 0.25) is 0 Å². The number of rotatable bonds is 3. The van der Waals surface area contributed by atoms with Crippen LogP contribution in [0.1, 0.15) is 23.4 Å². The summed E-state index contributed by atoms with van der Waals surface area (Å²) in [5.41, 5.74) is 3.41. The Morgan fingerprint density at radius 3 is 2.46 bits per heavy atom. The molecule has 0 fully saturated rings. The van der Waals surface area contributed by atoms with Crippen LogP contribution in [-0.4, -0.2) is 10.3 Å². The van der Waals surface area contributed by atoms with Crippen molar-refractivity contribution in [2.45, 2.75) is 20.3 Å². The van der Waals surface area contributed by atoms with E-state index in [2.05, 4.69) is 45.2 Å². The molecule has 13 heavy (non-hydrogen) atoms. The van der Waals surface area contributed by atoms with Gasteiger partial charge in [-0.1, -0.05) is 28.1 Å². The summed E-state index contributed by atoms with van der Waals surface area (Å²) >= 11 is 3.39. The molecular formula is C11H14BrN. The minimum Gasteiger partial charge on any atom is -0.258 e. The van der Waals surface area contributed by atoms with Gasteiger partial charge in [0.25, 0.3) is 0 Å². The maximum absolute atomic E-state index is 4.32. The van der Waals surface area contributed by atoms with Gasteiger partial charge in [-0.3, -0.25) is 4.98 Å². The van der Waals surface area contributed by atoms with E-state index in [1.54, 1.807) is 0 Å². The quantitative estimate of drug-likeness (QED) is 0.737. The van der Waals surface area contributed by atoms with Gasteiger partial charge in [-0.2, -0.15) is 0 Å². The molecule has 0 bridgehead atoms. The maximum atomic E-state index is 4.32. The average molecular weight is 240 g/mol. The first-order valence-electron chi connectivity index (χ1n) is 4.40. The molecule has 0 saturated carbocycles. The van der Waals surface area contributed by atoms with Crippen LogP contribution in [0.15, 0.2) is 18.2 Å². The van der Waals surface area contributed by atoms with Crippen LogP contribution in [0, 0.1) is 13.8 Å². The number of allylic oxidation sites excluding steroid dienone is 1. The molecule has 1 nitrogen and oxygen atoms in total. The van der Waals surface area contributed by atoms with Gasteiger partial charge in [0, 0.05) is 16.7 Å². The van der Waals surface area contributed by atoms with E-state index in [0.717, 1.165) is 23.1 Å². The Morgan fingerprint density at radius 2 is 1.92 bits per heavy atom. The molecule has 0 unspecified atom stereocenters. The summed E-state index contributed by atoms with van der Waals surface area (Å²) in [6.07, 6.45) is 5.38. The first-order chi connectivity index (χ1) is 6.22. The van der Waals surface area contributed by atoms with Gasteiger partial charge in [0.05, 0.1) is 0 Å². The van der Waals surface area contributed by atoms with Gasteiger partial charge in [0.1, 0.15) is 0 Å². The summed E-state index contributed by atoms with van der Waals surface area (Å²) in [5, 5.41) is 1.02. The fourth-order valence-electron chi connectivity index (χ4n) is 1.25. The third-order valence-electron chi connectivity index (χ3n) is 1.69. The van der Waals surface area contributed by atoms with Gasteiger partial charge in [-0.15, -0.1) is 0 Å². The Balaban J connectivity index is 2.77. The fraction of sp³-hybridized carbons (Fsp3) is 0.364. The maximum Gasteiger partial charge on any atom is 0.0381 e. The van der Waals surface area contributed by atoms with Gasteiger partial charge in [0.15, 0.2) is 0 Å². The number of nitrogens with zero attached hydrogens (tertiary/aromatic N) is 1. The second-order valence-electron chi connectivity index (χ2n) is 3.06. The summed E-state index contributed by atoms with van der Waals surface area (Å²) in [5.74, 6) is 0. The first-order valence-corrected chi connectivity index (χ1v) is 5.52. The van der Waals surface area contributed by atoms with Crippen LogP contribution in [0.25, 0.3) is 6.08 Å². The second-order valence-corrected chi connectivity index (χ2v) is 3.86. The highest BCUT2D eigenvalue weighted by molar-refractivity contribution is 9.09. The number of pyridine rings is 1. The van der Waals surface area contributed by atoms with Crippen LogP contribution in [-0.2, 0) is 0 Å². The number of alkyl halides is 1. The monoisotopic (exact) mass is 239 g/mol. The SMILES string of the molecule is Cc1cc(C=CCCBr)cc(C)n1.